The Morgan fingerprint density at radius 1 is 1.35 bits per heavy atom. The molecule has 0 saturated carbocycles. The van der Waals surface area contributed by atoms with Crippen LogP contribution in [0.3, 0.4) is 0 Å². The van der Waals surface area contributed by atoms with Crippen LogP contribution < -0.4 is 0 Å². The van der Waals surface area contributed by atoms with Gasteiger partial charge in [-0.15, -0.1) is 0 Å². The summed E-state index contributed by atoms with van der Waals surface area (Å²) < 4.78 is 0. The molecule has 0 aromatic carbocycles. The summed E-state index contributed by atoms with van der Waals surface area (Å²) in [5.41, 5.74) is -1.40. The topological polar surface area (TPSA) is 60.8 Å². The van der Waals surface area contributed by atoms with Crippen molar-refractivity contribution in [1.29, 1.82) is 0 Å². The highest BCUT2D eigenvalue weighted by Crippen LogP contribution is 2.34. The summed E-state index contributed by atoms with van der Waals surface area (Å²) in [5.74, 6) is -0.566. The van der Waals surface area contributed by atoms with Gasteiger partial charge < -0.3 is 15.1 Å². The second-order valence-electron chi connectivity index (χ2n) is 6.41. The van der Waals surface area contributed by atoms with Crippen LogP contribution in [0.2, 0.25) is 0 Å². The fraction of sp³-hybridized carbons (Fsp3) is 0.923. The van der Waals surface area contributed by atoms with Gasteiger partial charge in [0.15, 0.2) is 0 Å². The van der Waals surface area contributed by atoms with Gasteiger partial charge in [-0.2, -0.15) is 0 Å². The molecule has 1 aliphatic rings. The zero-order valence-corrected chi connectivity index (χ0v) is 11.4. The Kier molecular flexibility index (Phi) is 4.20. The Balaban J connectivity index is 2.64. The summed E-state index contributed by atoms with van der Waals surface area (Å²) in [4.78, 5) is 13.4. The van der Waals surface area contributed by atoms with Crippen molar-refractivity contribution in [2.75, 3.05) is 19.6 Å². The SMILES string of the molecule is CC(C)(O)CN1CCCC(C(C)(C)C(=O)O)C1. The van der Waals surface area contributed by atoms with Gasteiger partial charge in [0.05, 0.1) is 11.0 Å². The number of carboxylic acids is 1. The van der Waals surface area contributed by atoms with Gasteiger partial charge in [-0.05, 0) is 53.0 Å². The van der Waals surface area contributed by atoms with Crippen molar-refractivity contribution in [2.45, 2.75) is 46.1 Å². The minimum absolute atomic E-state index is 0.163. The normalized spacial score (nSPS) is 23.7. The number of hydrogen-bond donors (Lipinski definition) is 2. The quantitative estimate of drug-likeness (QED) is 0.787. The number of hydrogen-bond acceptors (Lipinski definition) is 3. The number of rotatable bonds is 4. The number of carbonyl (C=O) groups is 1. The summed E-state index contributed by atoms with van der Waals surface area (Å²) in [7, 11) is 0. The molecule has 0 radical (unpaired) electrons. The van der Waals surface area contributed by atoms with E-state index in [-0.39, 0.29) is 5.92 Å². The van der Waals surface area contributed by atoms with Crippen LogP contribution in [0.25, 0.3) is 0 Å². The molecular weight excluding hydrogens is 218 g/mol. The number of carboxylic acid groups (broad SMARTS) is 1. The van der Waals surface area contributed by atoms with Gasteiger partial charge >= 0.3 is 5.97 Å². The summed E-state index contributed by atoms with van der Waals surface area (Å²) in [6.07, 6.45) is 1.97. The van der Waals surface area contributed by atoms with Crippen molar-refractivity contribution in [3.8, 4) is 0 Å². The monoisotopic (exact) mass is 243 g/mol. The average molecular weight is 243 g/mol. The number of nitrogens with zero attached hydrogens (tertiary/aromatic N) is 1. The van der Waals surface area contributed by atoms with Crippen LogP contribution in [0.15, 0.2) is 0 Å². The van der Waals surface area contributed by atoms with E-state index in [1.165, 1.54) is 0 Å². The minimum Gasteiger partial charge on any atom is -0.481 e. The smallest absolute Gasteiger partial charge is 0.309 e. The second kappa shape index (κ2) is 4.94. The molecule has 4 nitrogen and oxygen atoms in total. The molecule has 100 valence electrons. The molecule has 0 aliphatic carbocycles. The third-order valence-corrected chi connectivity index (χ3v) is 3.69. The molecule has 1 aliphatic heterocycles. The first-order valence-electron chi connectivity index (χ1n) is 6.31. The first-order chi connectivity index (χ1) is 7.63. The Morgan fingerprint density at radius 3 is 2.41 bits per heavy atom. The van der Waals surface area contributed by atoms with Crippen molar-refractivity contribution in [2.24, 2.45) is 11.3 Å². The molecule has 0 aromatic rings. The summed E-state index contributed by atoms with van der Waals surface area (Å²) in [6, 6.07) is 0. The van der Waals surface area contributed by atoms with E-state index in [2.05, 4.69) is 4.90 Å². The Morgan fingerprint density at radius 2 is 1.94 bits per heavy atom. The summed E-state index contributed by atoms with van der Waals surface area (Å²) in [5, 5.41) is 19.1. The number of aliphatic carboxylic acids is 1. The fourth-order valence-corrected chi connectivity index (χ4v) is 2.51. The largest absolute Gasteiger partial charge is 0.481 e. The average Bonchev–Trinajstić information content (AvgIpc) is 2.15. The maximum atomic E-state index is 11.2. The van der Waals surface area contributed by atoms with Crippen LogP contribution in [0.1, 0.15) is 40.5 Å². The highest BCUT2D eigenvalue weighted by atomic mass is 16.4. The molecule has 1 heterocycles. The highest BCUT2D eigenvalue weighted by Gasteiger charge is 2.39. The van der Waals surface area contributed by atoms with E-state index in [0.717, 1.165) is 25.9 Å². The predicted molar refractivity (Wildman–Crippen MR) is 66.9 cm³/mol. The van der Waals surface area contributed by atoms with E-state index >= 15 is 0 Å². The molecule has 0 spiro atoms. The minimum atomic E-state index is -0.729. The molecule has 2 N–H and O–H groups in total. The van der Waals surface area contributed by atoms with Crippen LogP contribution in [0.4, 0.5) is 0 Å². The molecule has 0 amide bonds. The first kappa shape index (κ1) is 14.5. The van der Waals surface area contributed by atoms with E-state index in [1.54, 1.807) is 27.7 Å². The third kappa shape index (κ3) is 3.96. The van der Waals surface area contributed by atoms with E-state index in [0.29, 0.717) is 6.54 Å². The molecule has 1 rings (SSSR count). The molecule has 1 atom stereocenters. The van der Waals surface area contributed by atoms with Crippen molar-refractivity contribution in [3.05, 3.63) is 0 Å². The number of likely N-dealkylation sites (tertiary alicyclic amines) is 1. The molecule has 17 heavy (non-hydrogen) atoms. The zero-order chi connectivity index (χ0) is 13.3. The van der Waals surface area contributed by atoms with Crippen LogP contribution in [-0.2, 0) is 4.79 Å². The van der Waals surface area contributed by atoms with Gasteiger partial charge in [0, 0.05) is 13.1 Å². The van der Waals surface area contributed by atoms with E-state index in [1.807, 2.05) is 0 Å². The van der Waals surface area contributed by atoms with Crippen molar-refractivity contribution >= 4 is 5.97 Å². The van der Waals surface area contributed by atoms with Gasteiger partial charge in [0.2, 0.25) is 0 Å². The Bertz CT molecular complexity index is 281. The van der Waals surface area contributed by atoms with Gasteiger partial charge in [-0.3, -0.25) is 4.79 Å². The lowest BCUT2D eigenvalue weighted by atomic mass is 9.74. The van der Waals surface area contributed by atoms with Gasteiger partial charge in [-0.1, -0.05) is 0 Å². The maximum absolute atomic E-state index is 11.2. The summed E-state index contributed by atoms with van der Waals surface area (Å²) >= 11 is 0. The number of aliphatic hydroxyl groups is 1. The van der Waals surface area contributed by atoms with Crippen LogP contribution in [0.5, 0.6) is 0 Å². The van der Waals surface area contributed by atoms with Crippen LogP contribution >= 0.6 is 0 Å². The van der Waals surface area contributed by atoms with E-state index < -0.39 is 17.0 Å². The van der Waals surface area contributed by atoms with Gasteiger partial charge in [-0.25, -0.2) is 0 Å². The maximum Gasteiger partial charge on any atom is 0.309 e. The Hall–Kier alpha value is -0.610. The lowest BCUT2D eigenvalue weighted by molar-refractivity contribution is -0.151. The lowest BCUT2D eigenvalue weighted by Crippen LogP contribution is -2.48. The van der Waals surface area contributed by atoms with Crippen LogP contribution in [0, 0.1) is 11.3 Å². The zero-order valence-electron chi connectivity index (χ0n) is 11.4. The van der Waals surface area contributed by atoms with Gasteiger partial charge in [0.1, 0.15) is 0 Å². The van der Waals surface area contributed by atoms with Crippen molar-refractivity contribution < 1.29 is 15.0 Å². The standard InChI is InChI=1S/C13H25NO3/c1-12(2,17)9-14-7-5-6-10(8-14)13(3,4)11(15)16/h10,17H,5-9H2,1-4H3,(H,15,16). The van der Waals surface area contributed by atoms with Crippen molar-refractivity contribution in [3.63, 3.8) is 0 Å². The van der Waals surface area contributed by atoms with E-state index in [4.69, 9.17) is 0 Å². The highest BCUT2D eigenvalue weighted by molar-refractivity contribution is 5.74. The third-order valence-electron chi connectivity index (χ3n) is 3.69. The van der Waals surface area contributed by atoms with Crippen molar-refractivity contribution in [1.82, 2.24) is 4.90 Å². The van der Waals surface area contributed by atoms with Crippen LogP contribution in [-0.4, -0.2) is 46.3 Å². The molecule has 1 fully saturated rings. The Labute approximate surface area is 104 Å². The molecule has 0 aromatic heterocycles. The fourth-order valence-electron chi connectivity index (χ4n) is 2.51. The summed E-state index contributed by atoms with van der Waals surface area (Å²) in [6.45, 7) is 9.51. The number of β-amino-alcohol motifs (C(OH)–C–C–N with tert-alkyl or cyclic N) is 1. The number of piperidine rings is 1. The second-order valence-corrected chi connectivity index (χ2v) is 6.41. The molecule has 4 heteroatoms. The predicted octanol–water partition coefficient (Wildman–Crippen LogP) is 1.58. The van der Waals surface area contributed by atoms with Gasteiger partial charge in [0.25, 0.3) is 0 Å². The first-order valence-corrected chi connectivity index (χ1v) is 6.31. The lowest BCUT2D eigenvalue weighted by Gasteiger charge is -2.41. The van der Waals surface area contributed by atoms with E-state index in [9.17, 15) is 15.0 Å². The molecule has 1 unspecified atom stereocenters. The molecule has 1 saturated heterocycles. The molecular formula is C13H25NO3. The molecule has 0 bridgehead atoms.